The molecule has 6 heteroatoms. The molecule has 0 fully saturated rings. The number of nitrogens with zero attached hydrogens (tertiary/aromatic N) is 4. The van der Waals surface area contributed by atoms with Crippen LogP contribution in [0.25, 0.3) is 11.5 Å². The molecule has 3 aromatic rings. The Morgan fingerprint density at radius 3 is 2.48 bits per heavy atom. The van der Waals surface area contributed by atoms with E-state index in [1.807, 2.05) is 52.8 Å². The average molecular weight is 422 g/mol. The van der Waals surface area contributed by atoms with E-state index in [1.165, 1.54) is 12.8 Å². The van der Waals surface area contributed by atoms with E-state index < -0.39 is 0 Å². The van der Waals surface area contributed by atoms with Gasteiger partial charge in [0.05, 0.1) is 11.4 Å². The lowest BCUT2D eigenvalue weighted by molar-refractivity contribution is 0.0951. The number of rotatable bonds is 11. The van der Waals surface area contributed by atoms with Crippen LogP contribution in [0.3, 0.4) is 0 Å². The largest absolute Gasteiger partial charge is 0.352 e. The van der Waals surface area contributed by atoms with Crippen molar-refractivity contribution in [1.29, 1.82) is 0 Å². The minimum Gasteiger partial charge on any atom is -0.352 e. The number of unbranched alkanes of at least 4 members (excludes halogenated alkanes) is 1. The first kappa shape index (κ1) is 22.8. The molecule has 0 aliphatic heterocycles. The van der Waals surface area contributed by atoms with Crippen LogP contribution in [0, 0.1) is 13.8 Å². The highest BCUT2D eigenvalue weighted by Gasteiger charge is 2.23. The highest BCUT2D eigenvalue weighted by atomic mass is 16.1. The van der Waals surface area contributed by atoms with Gasteiger partial charge in [0.2, 0.25) is 0 Å². The van der Waals surface area contributed by atoms with Crippen molar-refractivity contribution in [1.82, 2.24) is 24.6 Å². The molecule has 1 N–H and O–H groups in total. The predicted molar refractivity (Wildman–Crippen MR) is 126 cm³/mol. The van der Waals surface area contributed by atoms with Crippen LogP contribution in [0.5, 0.6) is 0 Å². The van der Waals surface area contributed by atoms with E-state index >= 15 is 0 Å². The molecule has 0 bridgehead atoms. The second-order valence-corrected chi connectivity index (χ2v) is 8.02. The van der Waals surface area contributed by atoms with E-state index in [2.05, 4.69) is 43.1 Å². The number of hydrogen-bond donors (Lipinski definition) is 1. The zero-order chi connectivity index (χ0) is 22.2. The van der Waals surface area contributed by atoms with Crippen LogP contribution in [0.4, 0.5) is 0 Å². The van der Waals surface area contributed by atoms with Crippen LogP contribution in [-0.2, 0) is 0 Å². The molecule has 0 unspecified atom stereocenters. The van der Waals surface area contributed by atoms with Crippen molar-refractivity contribution in [3.63, 3.8) is 0 Å². The fraction of sp³-hybridized carbons (Fsp3) is 0.440. The van der Waals surface area contributed by atoms with Gasteiger partial charge in [-0.15, -0.1) is 0 Å². The zero-order valence-corrected chi connectivity index (χ0v) is 19.3. The lowest BCUT2D eigenvalue weighted by Gasteiger charge is -2.20. The summed E-state index contributed by atoms with van der Waals surface area (Å²) < 4.78 is 3.82. The summed E-state index contributed by atoms with van der Waals surface area (Å²) in [4.78, 5) is 15.6. The first-order valence-corrected chi connectivity index (χ1v) is 11.4. The molecule has 1 aromatic carbocycles. The van der Waals surface area contributed by atoms with E-state index in [-0.39, 0.29) is 5.91 Å². The van der Waals surface area contributed by atoms with Crippen molar-refractivity contribution in [3.05, 3.63) is 65.6 Å². The normalized spacial score (nSPS) is 11.3. The Morgan fingerprint density at radius 2 is 1.81 bits per heavy atom. The molecule has 0 spiro atoms. The first-order valence-electron chi connectivity index (χ1n) is 11.4. The van der Waals surface area contributed by atoms with Gasteiger partial charge in [-0.25, -0.2) is 4.68 Å². The molecule has 6 nitrogen and oxygen atoms in total. The minimum atomic E-state index is -0.0725. The number of amides is 1. The summed E-state index contributed by atoms with van der Waals surface area (Å²) in [6.07, 6.45) is 7.27. The Hall–Kier alpha value is -2.86. The topological polar surface area (TPSA) is 55.1 Å². The van der Waals surface area contributed by atoms with Crippen molar-refractivity contribution in [2.45, 2.75) is 47.0 Å². The highest BCUT2D eigenvalue weighted by molar-refractivity contribution is 5.98. The standard InChI is InChI=1S/C25H35N5O/c1-5-7-15-28(6-2)16-11-14-26-24(31)23-21(4)27-30(22-13-10-12-20(3)19-22)25(23)29-17-8-9-18-29/h8-10,12-13,17-19H,5-7,11,14-16H2,1-4H3,(H,26,31). The maximum Gasteiger partial charge on any atom is 0.256 e. The first-order chi connectivity index (χ1) is 15.0. The Balaban J connectivity index is 1.78. The molecule has 0 radical (unpaired) electrons. The van der Waals surface area contributed by atoms with Crippen LogP contribution < -0.4 is 5.32 Å². The molecule has 166 valence electrons. The summed E-state index contributed by atoms with van der Waals surface area (Å²) in [7, 11) is 0. The molecule has 2 heterocycles. The number of aromatic nitrogens is 3. The molecule has 0 saturated carbocycles. The number of carbonyl (C=O) groups is 1. The van der Waals surface area contributed by atoms with Crippen LogP contribution in [0.15, 0.2) is 48.8 Å². The molecule has 0 atom stereocenters. The zero-order valence-electron chi connectivity index (χ0n) is 19.3. The Bertz CT molecular complexity index is 974. The van der Waals surface area contributed by atoms with Gasteiger partial charge in [-0.2, -0.15) is 5.10 Å². The Labute approximate surface area is 185 Å². The van der Waals surface area contributed by atoms with E-state index in [1.54, 1.807) is 0 Å². The monoisotopic (exact) mass is 421 g/mol. The van der Waals surface area contributed by atoms with Gasteiger partial charge in [0, 0.05) is 18.9 Å². The smallest absolute Gasteiger partial charge is 0.256 e. The number of hydrogen-bond acceptors (Lipinski definition) is 3. The molecule has 0 aliphatic rings. The van der Waals surface area contributed by atoms with Gasteiger partial charge in [0.15, 0.2) is 5.82 Å². The SMILES string of the molecule is CCCCN(CC)CCCNC(=O)c1c(C)nn(-c2cccc(C)c2)c1-n1cccc1. The summed E-state index contributed by atoms with van der Waals surface area (Å²) in [6, 6.07) is 12.1. The van der Waals surface area contributed by atoms with Gasteiger partial charge < -0.3 is 14.8 Å². The number of aryl methyl sites for hydroxylation is 2. The predicted octanol–water partition coefficient (Wildman–Crippen LogP) is 4.52. The van der Waals surface area contributed by atoms with Crippen LogP contribution in [0.1, 0.15) is 54.7 Å². The summed E-state index contributed by atoms with van der Waals surface area (Å²) >= 11 is 0. The summed E-state index contributed by atoms with van der Waals surface area (Å²) in [5.74, 6) is 0.695. The van der Waals surface area contributed by atoms with Crippen LogP contribution in [0.2, 0.25) is 0 Å². The Morgan fingerprint density at radius 1 is 1.06 bits per heavy atom. The molecule has 1 amide bonds. The van der Waals surface area contributed by atoms with Crippen molar-refractivity contribution < 1.29 is 4.79 Å². The van der Waals surface area contributed by atoms with Crippen molar-refractivity contribution >= 4 is 5.91 Å². The second kappa shape index (κ2) is 11.0. The summed E-state index contributed by atoms with van der Waals surface area (Å²) in [6.45, 7) is 12.2. The van der Waals surface area contributed by atoms with Gasteiger partial charge >= 0.3 is 0 Å². The number of benzene rings is 1. The van der Waals surface area contributed by atoms with Crippen molar-refractivity contribution in [2.24, 2.45) is 0 Å². The summed E-state index contributed by atoms with van der Waals surface area (Å²) in [5, 5.41) is 7.85. The van der Waals surface area contributed by atoms with E-state index in [0.29, 0.717) is 12.1 Å². The molecule has 0 saturated heterocycles. The maximum absolute atomic E-state index is 13.2. The number of carbonyl (C=O) groups excluding carboxylic acids is 1. The van der Waals surface area contributed by atoms with E-state index in [0.717, 1.165) is 48.8 Å². The lowest BCUT2D eigenvalue weighted by Crippen LogP contribution is -2.31. The minimum absolute atomic E-state index is 0.0725. The molecule has 3 rings (SSSR count). The fourth-order valence-electron chi connectivity index (χ4n) is 3.84. The highest BCUT2D eigenvalue weighted by Crippen LogP contribution is 2.23. The molecule has 0 aliphatic carbocycles. The van der Waals surface area contributed by atoms with Crippen LogP contribution >= 0.6 is 0 Å². The maximum atomic E-state index is 13.2. The van der Waals surface area contributed by atoms with Crippen LogP contribution in [-0.4, -0.2) is 51.3 Å². The molecular formula is C25H35N5O. The molecule has 2 aromatic heterocycles. The van der Waals surface area contributed by atoms with Gasteiger partial charge in [-0.05, 0) is 76.2 Å². The molecule has 31 heavy (non-hydrogen) atoms. The van der Waals surface area contributed by atoms with E-state index in [4.69, 9.17) is 5.10 Å². The summed E-state index contributed by atoms with van der Waals surface area (Å²) in [5.41, 5.74) is 3.44. The Kier molecular flexibility index (Phi) is 8.06. The third-order valence-corrected chi connectivity index (χ3v) is 5.57. The third kappa shape index (κ3) is 5.64. The number of nitrogens with one attached hydrogen (secondary N) is 1. The quantitative estimate of drug-likeness (QED) is 0.463. The van der Waals surface area contributed by atoms with Gasteiger partial charge in [0.25, 0.3) is 5.91 Å². The second-order valence-electron chi connectivity index (χ2n) is 8.02. The fourth-order valence-corrected chi connectivity index (χ4v) is 3.84. The van der Waals surface area contributed by atoms with Crippen molar-refractivity contribution in [3.8, 4) is 11.5 Å². The van der Waals surface area contributed by atoms with E-state index in [9.17, 15) is 4.79 Å². The lowest BCUT2D eigenvalue weighted by atomic mass is 10.2. The third-order valence-electron chi connectivity index (χ3n) is 5.57. The van der Waals surface area contributed by atoms with Gasteiger partial charge in [0.1, 0.15) is 5.56 Å². The molecular weight excluding hydrogens is 386 g/mol. The average Bonchev–Trinajstić information content (AvgIpc) is 3.40. The van der Waals surface area contributed by atoms with Gasteiger partial charge in [-0.3, -0.25) is 4.79 Å². The van der Waals surface area contributed by atoms with Gasteiger partial charge in [-0.1, -0.05) is 32.4 Å². The van der Waals surface area contributed by atoms with Crippen molar-refractivity contribution in [2.75, 3.05) is 26.2 Å².